The van der Waals surface area contributed by atoms with E-state index in [0.29, 0.717) is 22.9 Å². The molecule has 0 saturated carbocycles. The van der Waals surface area contributed by atoms with Gasteiger partial charge >= 0.3 is 0 Å². The second kappa shape index (κ2) is 10.2. The van der Waals surface area contributed by atoms with Crippen LogP contribution in [0.15, 0.2) is 66.7 Å². The van der Waals surface area contributed by atoms with E-state index >= 15 is 0 Å². The molecule has 0 heterocycles. The smallest absolute Gasteiger partial charge is 0.251 e. The zero-order valence-electron chi connectivity index (χ0n) is 17.4. The van der Waals surface area contributed by atoms with E-state index in [4.69, 9.17) is 21.1 Å². The molecule has 3 aromatic carbocycles. The molecule has 0 aliphatic rings. The number of carbonyl (C=O) groups excluding carboxylic acids is 1. The van der Waals surface area contributed by atoms with Crippen LogP contribution in [0.2, 0.25) is 5.02 Å². The molecule has 156 valence electrons. The van der Waals surface area contributed by atoms with Crippen molar-refractivity contribution in [2.75, 3.05) is 7.11 Å². The number of carbonyl (C=O) groups is 1. The molecule has 0 radical (unpaired) electrons. The number of hydrogen-bond acceptors (Lipinski definition) is 3. The zero-order valence-corrected chi connectivity index (χ0v) is 18.2. The number of hydrogen-bond donors (Lipinski definition) is 1. The molecule has 0 aliphatic carbocycles. The third-order valence-corrected chi connectivity index (χ3v) is 5.37. The second-order valence-corrected chi connectivity index (χ2v) is 7.48. The molecule has 1 atom stereocenters. The third-order valence-electron chi connectivity index (χ3n) is 5.00. The van der Waals surface area contributed by atoms with Crippen molar-refractivity contribution < 1.29 is 14.3 Å². The van der Waals surface area contributed by atoms with Gasteiger partial charge in [-0.05, 0) is 60.9 Å². The first-order chi connectivity index (χ1) is 14.5. The SMILES string of the molecule is CCC(NC(=O)c1ccc(OCc2ccccc2Cl)cc1)c1ccc(OC)c(C)c1. The van der Waals surface area contributed by atoms with Crippen LogP contribution in [0, 0.1) is 6.92 Å². The summed E-state index contributed by atoms with van der Waals surface area (Å²) < 4.78 is 11.1. The lowest BCUT2D eigenvalue weighted by atomic mass is 10.0. The Morgan fingerprint density at radius 1 is 1.07 bits per heavy atom. The maximum atomic E-state index is 12.7. The van der Waals surface area contributed by atoms with Gasteiger partial charge in [0.05, 0.1) is 13.2 Å². The van der Waals surface area contributed by atoms with Crippen molar-refractivity contribution in [3.63, 3.8) is 0 Å². The fourth-order valence-electron chi connectivity index (χ4n) is 3.26. The molecular weight excluding hydrogens is 398 g/mol. The number of benzene rings is 3. The van der Waals surface area contributed by atoms with E-state index in [0.717, 1.165) is 28.9 Å². The fraction of sp³-hybridized carbons (Fsp3) is 0.240. The van der Waals surface area contributed by atoms with Crippen molar-refractivity contribution in [1.29, 1.82) is 0 Å². The first-order valence-electron chi connectivity index (χ1n) is 9.93. The van der Waals surface area contributed by atoms with E-state index in [1.807, 2.05) is 43.3 Å². The van der Waals surface area contributed by atoms with Gasteiger partial charge in [0.2, 0.25) is 0 Å². The Morgan fingerprint density at radius 3 is 2.43 bits per heavy atom. The Hall–Kier alpha value is -2.98. The lowest BCUT2D eigenvalue weighted by Gasteiger charge is -2.19. The lowest BCUT2D eigenvalue weighted by Crippen LogP contribution is -2.28. The van der Waals surface area contributed by atoms with Crippen molar-refractivity contribution in [1.82, 2.24) is 5.32 Å². The molecule has 4 nitrogen and oxygen atoms in total. The van der Waals surface area contributed by atoms with Crippen LogP contribution in [0.25, 0.3) is 0 Å². The van der Waals surface area contributed by atoms with E-state index in [1.165, 1.54) is 0 Å². The highest BCUT2D eigenvalue weighted by Gasteiger charge is 2.15. The van der Waals surface area contributed by atoms with Crippen LogP contribution in [-0.4, -0.2) is 13.0 Å². The highest BCUT2D eigenvalue weighted by molar-refractivity contribution is 6.31. The highest BCUT2D eigenvalue weighted by atomic mass is 35.5. The van der Waals surface area contributed by atoms with Crippen LogP contribution in [0.1, 0.15) is 46.4 Å². The number of aryl methyl sites for hydroxylation is 1. The topological polar surface area (TPSA) is 47.6 Å². The van der Waals surface area contributed by atoms with Gasteiger partial charge in [0, 0.05) is 16.1 Å². The molecule has 5 heteroatoms. The normalized spacial score (nSPS) is 11.6. The van der Waals surface area contributed by atoms with Gasteiger partial charge in [-0.25, -0.2) is 0 Å². The Labute approximate surface area is 182 Å². The van der Waals surface area contributed by atoms with E-state index in [9.17, 15) is 4.79 Å². The van der Waals surface area contributed by atoms with Crippen LogP contribution in [0.3, 0.4) is 0 Å². The molecule has 3 aromatic rings. The van der Waals surface area contributed by atoms with Crippen molar-refractivity contribution in [2.45, 2.75) is 32.9 Å². The summed E-state index contributed by atoms with van der Waals surface area (Å²) in [4.78, 5) is 12.7. The Bertz CT molecular complexity index is 1000. The molecule has 0 aliphatic heterocycles. The number of rotatable bonds is 8. The molecule has 3 rings (SSSR count). The Balaban J connectivity index is 1.63. The summed E-state index contributed by atoms with van der Waals surface area (Å²) >= 11 is 6.16. The number of methoxy groups -OCH3 is 1. The Kier molecular flexibility index (Phi) is 7.36. The molecule has 0 bridgehead atoms. The van der Waals surface area contributed by atoms with Crippen LogP contribution >= 0.6 is 11.6 Å². The highest BCUT2D eigenvalue weighted by Crippen LogP contribution is 2.25. The average molecular weight is 424 g/mol. The van der Waals surface area contributed by atoms with Gasteiger partial charge in [0.15, 0.2) is 0 Å². The molecule has 0 spiro atoms. The largest absolute Gasteiger partial charge is 0.496 e. The molecular formula is C25H26ClNO3. The molecule has 0 fully saturated rings. The lowest BCUT2D eigenvalue weighted by molar-refractivity contribution is 0.0935. The summed E-state index contributed by atoms with van der Waals surface area (Å²) in [6.07, 6.45) is 0.788. The van der Waals surface area contributed by atoms with Crippen LogP contribution in [0.5, 0.6) is 11.5 Å². The van der Waals surface area contributed by atoms with E-state index < -0.39 is 0 Å². The summed E-state index contributed by atoms with van der Waals surface area (Å²) in [5.74, 6) is 1.41. The summed E-state index contributed by atoms with van der Waals surface area (Å²) in [5.41, 5.74) is 3.61. The first kappa shape index (κ1) is 21.7. The molecule has 30 heavy (non-hydrogen) atoms. The molecule has 1 N–H and O–H groups in total. The summed E-state index contributed by atoms with van der Waals surface area (Å²) in [5, 5.41) is 3.78. The molecule has 0 aromatic heterocycles. The standard InChI is InChI=1S/C25H26ClNO3/c1-4-23(19-11-14-24(29-3)17(2)15-19)27-25(28)18-9-12-21(13-10-18)30-16-20-7-5-6-8-22(20)26/h5-15,23H,4,16H2,1-3H3,(H,27,28). The maximum absolute atomic E-state index is 12.7. The van der Waals surface area contributed by atoms with Gasteiger partial charge < -0.3 is 14.8 Å². The summed E-state index contributed by atoms with van der Waals surface area (Å²) in [6.45, 7) is 4.42. The van der Waals surface area contributed by atoms with Crippen LogP contribution in [0.4, 0.5) is 0 Å². The second-order valence-electron chi connectivity index (χ2n) is 7.07. The quantitative estimate of drug-likeness (QED) is 0.475. The fourth-order valence-corrected chi connectivity index (χ4v) is 3.45. The van der Waals surface area contributed by atoms with Crippen LogP contribution < -0.4 is 14.8 Å². The Morgan fingerprint density at radius 2 is 1.80 bits per heavy atom. The van der Waals surface area contributed by atoms with E-state index in [1.54, 1.807) is 31.4 Å². The minimum Gasteiger partial charge on any atom is -0.496 e. The minimum absolute atomic E-state index is 0.0711. The predicted octanol–water partition coefficient (Wildman–Crippen LogP) is 6.12. The number of halogens is 1. The van der Waals surface area contributed by atoms with E-state index in [-0.39, 0.29) is 11.9 Å². The van der Waals surface area contributed by atoms with Gasteiger partial charge in [0.1, 0.15) is 18.1 Å². The zero-order chi connectivity index (χ0) is 21.5. The van der Waals surface area contributed by atoms with Crippen LogP contribution in [-0.2, 0) is 6.61 Å². The molecule has 1 unspecified atom stereocenters. The first-order valence-corrected chi connectivity index (χ1v) is 10.3. The number of amides is 1. The minimum atomic E-state index is -0.118. The van der Waals surface area contributed by atoms with Crippen molar-refractivity contribution >= 4 is 17.5 Å². The van der Waals surface area contributed by atoms with Crippen molar-refractivity contribution in [2.24, 2.45) is 0 Å². The third kappa shape index (κ3) is 5.33. The number of nitrogens with one attached hydrogen (secondary N) is 1. The number of ether oxygens (including phenoxy) is 2. The summed E-state index contributed by atoms with van der Waals surface area (Å²) in [7, 11) is 1.66. The molecule has 1 amide bonds. The van der Waals surface area contributed by atoms with Gasteiger partial charge in [-0.1, -0.05) is 48.9 Å². The van der Waals surface area contributed by atoms with Gasteiger partial charge in [-0.15, -0.1) is 0 Å². The van der Waals surface area contributed by atoms with E-state index in [2.05, 4.69) is 18.3 Å². The maximum Gasteiger partial charge on any atom is 0.251 e. The van der Waals surface area contributed by atoms with Gasteiger partial charge in [-0.3, -0.25) is 4.79 Å². The average Bonchev–Trinajstić information content (AvgIpc) is 2.77. The van der Waals surface area contributed by atoms with Crippen molar-refractivity contribution in [3.8, 4) is 11.5 Å². The monoisotopic (exact) mass is 423 g/mol. The summed E-state index contributed by atoms with van der Waals surface area (Å²) in [6, 6.07) is 20.6. The van der Waals surface area contributed by atoms with Crippen molar-refractivity contribution in [3.05, 3.63) is 94.0 Å². The molecule has 0 saturated heterocycles. The van der Waals surface area contributed by atoms with Gasteiger partial charge in [0.25, 0.3) is 5.91 Å². The van der Waals surface area contributed by atoms with Gasteiger partial charge in [-0.2, -0.15) is 0 Å². The predicted molar refractivity (Wildman–Crippen MR) is 120 cm³/mol.